The Labute approximate surface area is 165 Å². The molecule has 0 bridgehead atoms. The number of unbranched alkanes of at least 4 members (excludes halogenated alkanes) is 6. The molecule has 0 heterocycles. The molecule has 0 N–H and O–H groups in total. The summed E-state index contributed by atoms with van der Waals surface area (Å²) in [7, 11) is 3.44. The zero-order chi connectivity index (χ0) is 19.5. The van der Waals surface area contributed by atoms with Crippen molar-refractivity contribution in [1.29, 1.82) is 0 Å². The normalized spacial score (nSPS) is 11.4. The van der Waals surface area contributed by atoms with Gasteiger partial charge in [0.15, 0.2) is 0 Å². The van der Waals surface area contributed by atoms with Crippen LogP contribution in [0.1, 0.15) is 76.3 Å². The number of hydrogen-bond donors (Lipinski definition) is 0. The van der Waals surface area contributed by atoms with Crippen molar-refractivity contribution < 1.29 is 9.47 Å². The average molecular weight is 369 g/mol. The Morgan fingerprint density at radius 2 is 1.04 bits per heavy atom. The van der Waals surface area contributed by atoms with Crippen LogP contribution in [0, 0.1) is 0 Å². The molecule has 2 heteroatoms. The summed E-state index contributed by atoms with van der Waals surface area (Å²) in [6.07, 6.45) is 10.5. The lowest BCUT2D eigenvalue weighted by Crippen LogP contribution is -2.23. The van der Waals surface area contributed by atoms with Gasteiger partial charge in [-0.2, -0.15) is 0 Å². The van der Waals surface area contributed by atoms with Crippen molar-refractivity contribution in [2.75, 3.05) is 14.2 Å². The van der Waals surface area contributed by atoms with E-state index in [9.17, 15) is 0 Å². The van der Waals surface area contributed by atoms with Gasteiger partial charge in [-0.05, 0) is 41.8 Å². The van der Waals surface area contributed by atoms with E-state index in [4.69, 9.17) is 9.47 Å². The standard InChI is InChI=1S/C25H36O2/c1-5-6-7-8-9-10-11-20-25(2,21-12-16-23(26-3)17-13-21)22-14-18-24(27-4)19-15-22/h12-19H,5-11,20H2,1-4H3. The maximum absolute atomic E-state index is 5.35. The number of ether oxygens (including phenoxy) is 2. The molecule has 0 unspecified atom stereocenters. The van der Waals surface area contributed by atoms with Crippen LogP contribution in [0.5, 0.6) is 11.5 Å². The quantitative estimate of drug-likeness (QED) is 0.370. The molecule has 27 heavy (non-hydrogen) atoms. The molecule has 2 rings (SSSR count). The Hall–Kier alpha value is -1.96. The van der Waals surface area contributed by atoms with Crippen molar-refractivity contribution in [3.05, 3.63) is 59.7 Å². The van der Waals surface area contributed by atoms with Gasteiger partial charge in [-0.1, -0.05) is 83.1 Å². The zero-order valence-electron chi connectivity index (χ0n) is 17.6. The summed E-state index contributed by atoms with van der Waals surface area (Å²) >= 11 is 0. The van der Waals surface area contributed by atoms with Crippen LogP contribution in [-0.4, -0.2) is 14.2 Å². The Morgan fingerprint density at radius 1 is 0.630 bits per heavy atom. The van der Waals surface area contributed by atoms with E-state index < -0.39 is 0 Å². The zero-order valence-corrected chi connectivity index (χ0v) is 17.6. The van der Waals surface area contributed by atoms with Gasteiger partial charge < -0.3 is 9.47 Å². The van der Waals surface area contributed by atoms with E-state index in [1.165, 1.54) is 56.1 Å². The van der Waals surface area contributed by atoms with Crippen molar-refractivity contribution in [3.63, 3.8) is 0 Å². The molecule has 0 saturated heterocycles. The van der Waals surface area contributed by atoms with Crippen molar-refractivity contribution in [2.24, 2.45) is 0 Å². The lowest BCUT2D eigenvalue weighted by molar-refractivity contribution is 0.412. The fourth-order valence-electron chi connectivity index (χ4n) is 3.81. The minimum Gasteiger partial charge on any atom is -0.497 e. The van der Waals surface area contributed by atoms with Crippen LogP contribution in [0.4, 0.5) is 0 Å². The molecule has 0 fully saturated rings. The molecule has 0 radical (unpaired) electrons. The fraction of sp³-hybridized carbons (Fsp3) is 0.520. The summed E-state index contributed by atoms with van der Waals surface area (Å²) in [5.74, 6) is 1.82. The van der Waals surface area contributed by atoms with Gasteiger partial charge in [-0.25, -0.2) is 0 Å². The highest BCUT2D eigenvalue weighted by atomic mass is 16.5. The maximum Gasteiger partial charge on any atom is 0.118 e. The first-order valence-corrected chi connectivity index (χ1v) is 10.4. The van der Waals surface area contributed by atoms with E-state index in [2.05, 4.69) is 62.4 Å². The summed E-state index contributed by atoms with van der Waals surface area (Å²) in [5.41, 5.74) is 2.70. The lowest BCUT2D eigenvalue weighted by Gasteiger charge is -2.31. The highest BCUT2D eigenvalue weighted by molar-refractivity contribution is 5.42. The fourth-order valence-corrected chi connectivity index (χ4v) is 3.81. The number of benzene rings is 2. The van der Waals surface area contributed by atoms with E-state index in [0.29, 0.717) is 0 Å². The Kier molecular flexibility index (Phi) is 8.71. The second kappa shape index (κ2) is 11.0. The minimum atomic E-state index is 0.00195. The Bertz CT molecular complexity index is 596. The first kappa shape index (κ1) is 21.3. The summed E-state index contributed by atoms with van der Waals surface area (Å²) in [5, 5.41) is 0. The molecule has 148 valence electrons. The van der Waals surface area contributed by atoms with Crippen molar-refractivity contribution in [1.82, 2.24) is 0 Å². The van der Waals surface area contributed by atoms with Crippen LogP contribution in [0.15, 0.2) is 48.5 Å². The van der Waals surface area contributed by atoms with Gasteiger partial charge in [0.1, 0.15) is 11.5 Å². The average Bonchev–Trinajstić information content (AvgIpc) is 2.73. The monoisotopic (exact) mass is 368 g/mol. The van der Waals surface area contributed by atoms with E-state index in [0.717, 1.165) is 17.9 Å². The highest BCUT2D eigenvalue weighted by Gasteiger charge is 2.28. The molecular weight excluding hydrogens is 332 g/mol. The second-order valence-electron chi connectivity index (χ2n) is 7.66. The molecule has 0 spiro atoms. The van der Waals surface area contributed by atoms with E-state index in [-0.39, 0.29) is 5.41 Å². The van der Waals surface area contributed by atoms with Gasteiger partial charge >= 0.3 is 0 Å². The molecule has 0 aliphatic rings. The molecule has 0 saturated carbocycles. The third kappa shape index (κ3) is 6.02. The van der Waals surface area contributed by atoms with Gasteiger partial charge in [0.2, 0.25) is 0 Å². The molecule has 0 aliphatic carbocycles. The van der Waals surface area contributed by atoms with Crippen LogP contribution in [0.25, 0.3) is 0 Å². The summed E-state index contributed by atoms with van der Waals surface area (Å²) in [4.78, 5) is 0. The van der Waals surface area contributed by atoms with Crippen LogP contribution < -0.4 is 9.47 Å². The number of rotatable bonds is 12. The second-order valence-corrected chi connectivity index (χ2v) is 7.66. The van der Waals surface area contributed by atoms with Crippen LogP contribution in [0.3, 0.4) is 0 Å². The first-order chi connectivity index (χ1) is 13.1. The van der Waals surface area contributed by atoms with Crippen molar-refractivity contribution in [2.45, 2.75) is 70.6 Å². The largest absolute Gasteiger partial charge is 0.497 e. The van der Waals surface area contributed by atoms with Gasteiger partial charge in [-0.15, -0.1) is 0 Å². The predicted molar refractivity (Wildman–Crippen MR) is 115 cm³/mol. The van der Waals surface area contributed by atoms with E-state index in [1.807, 2.05) is 0 Å². The molecule has 0 amide bonds. The molecule has 0 atom stereocenters. The summed E-state index contributed by atoms with van der Waals surface area (Å²) in [6.45, 7) is 4.64. The van der Waals surface area contributed by atoms with Gasteiger partial charge in [-0.3, -0.25) is 0 Å². The molecule has 2 aromatic rings. The van der Waals surface area contributed by atoms with E-state index in [1.54, 1.807) is 14.2 Å². The third-order valence-corrected chi connectivity index (χ3v) is 5.73. The Balaban J connectivity index is 2.11. The SMILES string of the molecule is CCCCCCCCCC(C)(c1ccc(OC)cc1)c1ccc(OC)cc1. The first-order valence-electron chi connectivity index (χ1n) is 10.4. The van der Waals surface area contributed by atoms with Crippen LogP contribution in [-0.2, 0) is 5.41 Å². The predicted octanol–water partition coefficient (Wildman–Crippen LogP) is 7.15. The summed E-state index contributed by atoms with van der Waals surface area (Å²) < 4.78 is 10.7. The minimum absolute atomic E-state index is 0.00195. The molecule has 0 aromatic heterocycles. The van der Waals surface area contributed by atoms with Crippen LogP contribution >= 0.6 is 0 Å². The van der Waals surface area contributed by atoms with Crippen molar-refractivity contribution >= 4 is 0 Å². The van der Waals surface area contributed by atoms with Gasteiger partial charge in [0.05, 0.1) is 14.2 Å². The molecule has 2 nitrogen and oxygen atoms in total. The maximum atomic E-state index is 5.35. The molecular formula is C25H36O2. The van der Waals surface area contributed by atoms with E-state index >= 15 is 0 Å². The number of methoxy groups -OCH3 is 2. The van der Waals surface area contributed by atoms with Crippen molar-refractivity contribution in [3.8, 4) is 11.5 Å². The Morgan fingerprint density at radius 3 is 1.44 bits per heavy atom. The van der Waals surface area contributed by atoms with Crippen LogP contribution in [0.2, 0.25) is 0 Å². The summed E-state index contributed by atoms with van der Waals surface area (Å²) in [6, 6.07) is 17.1. The topological polar surface area (TPSA) is 18.5 Å². The lowest BCUT2D eigenvalue weighted by atomic mass is 9.72. The molecule has 2 aromatic carbocycles. The highest BCUT2D eigenvalue weighted by Crippen LogP contribution is 2.38. The van der Waals surface area contributed by atoms with Gasteiger partial charge in [0, 0.05) is 5.41 Å². The molecule has 0 aliphatic heterocycles. The van der Waals surface area contributed by atoms with Gasteiger partial charge in [0.25, 0.3) is 0 Å². The number of hydrogen-bond acceptors (Lipinski definition) is 2. The third-order valence-electron chi connectivity index (χ3n) is 5.73. The smallest absolute Gasteiger partial charge is 0.118 e.